The topological polar surface area (TPSA) is 129 Å². The van der Waals surface area contributed by atoms with Crippen LogP contribution >= 0.6 is 0 Å². The second-order valence-electron chi connectivity index (χ2n) is 8.56. The molecule has 0 spiro atoms. The number of aromatic nitrogens is 2. The molecule has 13 heteroatoms. The van der Waals surface area contributed by atoms with Crippen molar-refractivity contribution in [3.8, 4) is 0 Å². The lowest BCUT2D eigenvalue weighted by Crippen LogP contribution is -2.57. The number of carbonyl (C=O) groups is 3. The summed E-state index contributed by atoms with van der Waals surface area (Å²) in [5.41, 5.74) is 0.480. The molecule has 0 saturated carbocycles. The van der Waals surface area contributed by atoms with Crippen molar-refractivity contribution in [3.05, 3.63) is 23.9 Å². The van der Waals surface area contributed by atoms with Crippen LogP contribution in [-0.4, -0.2) is 76.6 Å². The van der Waals surface area contributed by atoms with Crippen molar-refractivity contribution in [2.24, 2.45) is 5.92 Å². The average molecular weight is 499 g/mol. The third kappa shape index (κ3) is 6.84. The number of nitrogens with one attached hydrogen (secondary N) is 3. The highest BCUT2D eigenvalue weighted by atomic mass is 19.4. The number of alkyl halides is 3. The Hall–Kier alpha value is -3.35. The first-order chi connectivity index (χ1) is 16.6. The molecule has 10 nitrogen and oxygen atoms in total. The minimum absolute atomic E-state index is 0.0473. The van der Waals surface area contributed by atoms with Crippen molar-refractivity contribution in [1.82, 2.24) is 25.3 Å². The highest BCUT2D eigenvalue weighted by Crippen LogP contribution is 2.29. The van der Waals surface area contributed by atoms with Crippen LogP contribution in [0.2, 0.25) is 0 Å². The van der Waals surface area contributed by atoms with Gasteiger partial charge in [0.25, 0.3) is 12.4 Å². The zero-order valence-electron chi connectivity index (χ0n) is 19.3. The van der Waals surface area contributed by atoms with Gasteiger partial charge in [0.05, 0.1) is 5.52 Å². The van der Waals surface area contributed by atoms with Gasteiger partial charge in [-0.25, -0.2) is 4.79 Å². The van der Waals surface area contributed by atoms with Crippen LogP contribution in [0.1, 0.15) is 36.7 Å². The van der Waals surface area contributed by atoms with Crippen molar-refractivity contribution in [2.45, 2.75) is 44.9 Å². The fourth-order valence-corrected chi connectivity index (χ4v) is 4.49. The maximum absolute atomic E-state index is 13.1. The number of carboxylic acid groups (broad SMARTS) is 1. The Balaban J connectivity index is 0.00000108. The van der Waals surface area contributed by atoms with Crippen molar-refractivity contribution in [1.29, 1.82) is 0 Å². The van der Waals surface area contributed by atoms with Crippen LogP contribution < -0.4 is 16.0 Å². The third-order valence-electron chi connectivity index (χ3n) is 6.06. The van der Waals surface area contributed by atoms with E-state index < -0.39 is 24.7 Å². The molecule has 2 bridgehead atoms. The molecule has 3 fully saturated rings. The minimum Gasteiger partial charge on any atom is -0.483 e. The molecule has 5 rings (SSSR count). The van der Waals surface area contributed by atoms with E-state index in [1.165, 1.54) is 18.2 Å². The standard InChI is InChI=1S/C21H27F3N6O2.CH2O2/c1-2-7-25-20(32)26-14-3-4-17-15(10-14)18(28-30(17)12-21(22,23)24)19(31)27-16-11-29-8-5-13(16)6-9-29;2-1-3/h3-4,10,13,16H,2,5-9,11-12H2,1H3,(H,27,31)(H2,25,26,32);1H,(H,2,3)/t16-;/m1./s1. The van der Waals surface area contributed by atoms with Gasteiger partial charge in [-0.3, -0.25) is 14.3 Å². The average Bonchev–Trinajstić information content (AvgIpc) is 3.15. The number of hydrogen-bond acceptors (Lipinski definition) is 5. The first-order valence-corrected chi connectivity index (χ1v) is 11.4. The number of nitrogens with zero attached hydrogens (tertiary/aromatic N) is 3. The molecule has 4 N–H and O–H groups in total. The third-order valence-corrected chi connectivity index (χ3v) is 6.06. The highest BCUT2D eigenvalue weighted by Gasteiger charge is 2.36. The second kappa shape index (κ2) is 11.4. The number of hydrogen-bond donors (Lipinski definition) is 4. The van der Waals surface area contributed by atoms with Gasteiger partial charge in [0, 0.05) is 30.2 Å². The predicted octanol–water partition coefficient (Wildman–Crippen LogP) is 2.65. The molecular weight excluding hydrogens is 469 g/mol. The van der Waals surface area contributed by atoms with Crippen molar-refractivity contribution >= 4 is 35.0 Å². The van der Waals surface area contributed by atoms with Gasteiger partial charge in [0.2, 0.25) is 0 Å². The molecule has 192 valence electrons. The molecule has 0 aliphatic carbocycles. The summed E-state index contributed by atoms with van der Waals surface area (Å²) >= 11 is 0. The second-order valence-corrected chi connectivity index (χ2v) is 8.56. The number of urea groups is 1. The van der Waals surface area contributed by atoms with E-state index in [2.05, 4.69) is 25.9 Å². The van der Waals surface area contributed by atoms with Gasteiger partial charge in [0.15, 0.2) is 5.69 Å². The fraction of sp³-hybridized carbons (Fsp3) is 0.545. The summed E-state index contributed by atoms with van der Waals surface area (Å²) in [6.45, 7) is 3.61. The zero-order chi connectivity index (χ0) is 25.6. The van der Waals surface area contributed by atoms with Gasteiger partial charge in [-0.2, -0.15) is 18.3 Å². The molecule has 0 radical (unpaired) electrons. The first-order valence-electron chi connectivity index (χ1n) is 11.4. The highest BCUT2D eigenvalue weighted by molar-refractivity contribution is 6.06. The fourth-order valence-electron chi connectivity index (χ4n) is 4.49. The lowest BCUT2D eigenvalue weighted by atomic mass is 9.84. The number of piperidine rings is 3. The molecule has 1 atom stereocenters. The normalized spacial score (nSPS) is 21.1. The largest absolute Gasteiger partial charge is 0.483 e. The number of halogens is 3. The van der Waals surface area contributed by atoms with Crippen LogP contribution in [-0.2, 0) is 11.3 Å². The van der Waals surface area contributed by atoms with E-state index in [9.17, 15) is 22.8 Å². The van der Waals surface area contributed by atoms with Crippen LogP contribution in [0, 0.1) is 5.92 Å². The summed E-state index contributed by atoms with van der Waals surface area (Å²) < 4.78 is 40.1. The molecule has 3 aliphatic rings. The van der Waals surface area contributed by atoms with Crippen LogP contribution in [0.3, 0.4) is 0 Å². The minimum atomic E-state index is -4.49. The van der Waals surface area contributed by atoms with E-state index in [1.54, 1.807) is 0 Å². The van der Waals surface area contributed by atoms with Crippen LogP contribution in [0.25, 0.3) is 10.9 Å². The van der Waals surface area contributed by atoms with E-state index in [4.69, 9.17) is 9.90 Å². The lowest BCUT2D eigenvalue weighted by molar-refractivity contribution is -0.141. The Bertz CT molecular complexity index is 1050. The SMILES string of the molecule is CCCNC(=O)Nc1ccc2c(c1)c(C(=O)N[C@@H]1CN3CCC1CC3)nn2CC(F)(F)F.O=CO. The molecule has 1 aromatic heterocycles. The number of rotatable bonds is 6. The van der Waals surface area contributed by atoms with Crippen LogP contribution in [0.5, 0.6) is 0 Å². The molecule has 3 saturated heterocycles. The first kappa shape index (κ1) is 26.3. The van der Waals surface area contributed by atoms with E-state index in [0.717, 1.165) is 43.6 Å². The molecule has 3 aliphatic heterocycles. The molecule has 1 aromatic carbocycles. The zero-order valence-corrected chi connectivity index (χ0v) is 19.3. The summed E-state index contributed by atoms with van der Waals surface area (Å²) in [5.74, 6) is -0.130. The summed E-state index contributed by atoms with van der Waals surface area (Å²) in [4.78, 5) is 35.7. The molecular formula is C22H29F3N6O4. The molecule has 3 amide bonds. The van der Waals surface area contributed by atoms with Crippen LogP contribution in [0.4, 0.5) is 23.7 Å². The van der Waals surface area contributed by atoms with Gasteiger partial charge >= 0.3 is 12.2 Å². The number of benzene rings is 1. The van der Waals surface area contributed by atoms with Crippen LogP contribution in [0.15, 0.2) is 18.2 Å². The van der Waals surface area contributed by atoms with E-state index in [1.807, 2.05) is 6.92 Å². The molecule has 0 unspecified atom stereocenters. The van der Waals surface area contributed by atoms with Gasteiger partial charge in [-0.15, -0.1) is 0 Å². The maximum Gasteiger partial charge on any atom is 0.408 e. The Morgan fingerprint density at radius 3 is 2.51 bits per heavy atom. The van der Waals surface area contributed by atoms with Gasteiger partial charge in [0.1, 0.15) is 6.54 Å². The Morgan fingerprint density at radius 1 is 1.26 bits per heavy atom. The lowest BCUT2D eigenvalue weighted by Gasteiger charge is -2.44. The van der Waals surface area contributed by atoms with Gasteiger partial charge in [-0.05, 0) is 56.5 Å². The van der Waals surface area contributed by atoms with Gasteiger partial charge in [-0.1, -0.05) is 6.92 Å². The summed E-state index contributed by atoms with van der Waals surface area (Å²) in [7, 11) is 0. The van der Waals surface area contributed by atoms with E-state index >= 15 is 0 Å². The predicted molar refractivity (Wildman–Crippen MR) is 122 cm³/mol. The smallest absolute Gasteiger partial charge is 0.408 e. The van der Waals surface area contributed by atoms with Gasteiger partial charge < -0.3 is 26.0 Å². The number of carbonyl (C=O) groups excluding carboxylic acids is 2. The van der Waals surface area contributed by atoms with Crippen molar-refractivity contribution in [2.75, 3.05) is 31.5 Å². The number of amides is 3. The molecule has 2 aromatic rings. The monoisotopic (exact) mass is 498 g/mol. The van der Waals surface area contributed by atoms with Crippen molar-refractivity contribution < 1.29 is 32.7 Å². The van der Waals surface area contributed by atoms with E-state index in [-0.39, 0.29) is 29.1 Å². The summed E-state index contributed by atoms with van der Waals surface area (Å²) in [5, 5.41) is 19.5. The number of fused-ring (bicyclic) bond motifs is 4. The number of anilines is 1. The van der Waals surface area contributed by atoms with E-state index in [0.29, 0.717) is 18.2 Å². The summed E-state index contributed by atoms with van der Waals surface area (Å²) in [6.07, 6.45) is -1.73. The Morgan fingerprint density at radius 2 is 1.94 bits per heavy atom. The quantitative estimate of drug-likeness (QED) is 0.454. The summed E-state index contributed by atoms with van der Waals surface area (Å²) in [6, 6.07) is 3.96. The Labute approximate surface area is 199 Å². The molecule has 35 heavy (non-hydrogen) atoms. The Kier molecular flexibility index (Phi) is 8.54. The maximum atomic E-state index is 13.1. The molecule has 4 heterocycles. The van der Waals surface area contributed by atoms with Crippen molar-refractivity contribution in [3.63, 3.8) is 0 Å².